The molecule has 3 rings (SSSR count). The topological polar surface area (TPSA) is 140 Å². The first-order chi connectivity index (χ1) is 14.5. The van der Waals surface area contributed by atoms with Crippen molar-refractivity contribution in [3.63, 3.8) is 0 Å². The predicted octanol–water partition coefficient (Wildman–Crippen LogP) is 2.29. The third kappa shape index (κ3) is 5.47. The fourth-order valence-electron chi connectivity index (χ4n) is 2.40. The molecule has 1 atom stereocenters. The number of rotatable bonds is 8. The molecule has 0 radical (unpaired) electrons. The van der Waals surface area contributed by atoms with Gasteiger partial charge in [0.05, 0.1) is 25.5 Å². The highest BCUT2D eigenvalue weighted by Crippen LogP contribution is 2.29. The highest BCUT2D eigenvalue weighted by molar-refractivity contribution is 8.15. The second-order valence-electron chi connectivity index (χ2n) is 5.85. The molecular formula is C19H17N3O7S. The number of amides is 1. The zero-order chi connectivity index (χ0) is 21.5. The van der Waals surface area contributed by atoms with Gasteiger partial charge in [-0.2, -0.15) is 5.10 Å². The molecule has 2 N–H and O–H groups in total. The molecule has 0 spiro atoms. The molecule has 0 bridgehead atoms. The van der Waals surface area contributed by atoms with Crippen molar-refractivity contribution < 1.29 is 33.4 Å². The number of aliphatic carboxylic acids is 1. The number of nitrogens with one attached hydrogen (secondary N) is 1. The lowest BCUT2D eigenvalue weighted by Crippen LogP contribution is -2.26. The van der Waals surface area contributed by atoms with Gasteiger partial charge in [0, 0.05) is 0 Å². The maximum Gasteiger partial charge on any atom is 0.379 e. The molecule has 0 saturated carbocycles. The number of amidine groups is 1. The average molecular weight is 431 g/mol. The van der Waals surface area contributed by atoms with Crippen molar-refractivity contribution >= 4 is 41.0 Å². The standard InChI is InChI=1S/C19H17N3O7S/c1-2-27-14-8-11(5-6-12(14)29-18(26)13-4-3-7-28-13)10-20-22-19-21-17(25)15(30-19)9-16(23)24/h3-8,10,15H,2,9H2,1H3,(H,23,24)(H,21,22,25). The number of furan rings is 1. The van der Waals surface area contributed by atoms with Crippen LogP contribution in [-0.4, -0.2) is 46.2 Å². The number of thioether (sulfide) groups is 1. The zero-order valence-corrected chi connectivity index (χ0v) is 16.5. The Bertz CT molecular complexity index is 1000. The van der Waals surface area contributed by atoms with Gasteiger partial charge in [-0.1, -0.05) is 11.8 Å². The van der Waals surface area contributed by atoms with E-state index < -0.39 is 23.1 Å². The van der Waals surface area contributed by atoms with Crippen molar-refractivity contribution in [2.75, 3.05) is 6.61 Å². The van der Waals surface area contributed by atoms with E-state index in [4.69, 9.17) is 19.0 Å². The Labute approximate surface area is 175 Å². The van der Waals surface area contributed by atoms with Gasteiger partial charge in [-0.15, -0.1) is 5.10 Å². The number of nitrogens with zero attached hydrogens (tertiary/aromatic N) is 2. The van der Waals surface area contributed by atoms with Crippen LogP contribution in [0.25, 0.3) is 0 Å². The molecule has 156 valence electrons. The van der Waals surface area contributed by atoms with Crippen molar-refractivity contribution in [2.24, 2.45) is 10.2 Å². The molecule has 2 aromatic rings. The molecule has 0 aliphatic carbocycles. The normalized spacial score (nSPS) is 17.3. The van der Waals surface area contributed by atoms with Crippen molar-refractivity contribution in [3.8, 4) is 11.5 Å². The van der Waals surface area contributed by atoms with Gasteiger partial charge in [0.1, 0.15) is 5.25 Å². The summed E-state index contributed by atoms with van der Waals surface area (Å²) in [7, 11) is 0. The molecule has 30 heavy (non-hydrogen) atoms. The fraction of sp³-hybridized carbons (Fsp3) is 0.211. The molecule has 10 nitrogen and oxygen atoms in total. The number of benzene rings is 1. The molecular weight excluding hydrogens is 414 g/mol. The maximum absolute atomic E-state index is 12.1. The van der Waals surface area contributed by atoms with Crippen LogP contribution in [0.4, 0.5) is 0 Å². The van der Waals surface area contributed by atoms with Crippen LogP contribution in [0.2, 0.25) is 0 Å². The van der Waals surface area contributed by atoms with E-state index in [1.54, 1.807) is 31.2 Å². The molecule has 1 fully saturated rings. The van der Waals surface area contributed by atoms with Crippen LogP contribution in [0.15, 0.2) is 51.2 Å². The van der Waals surface area contributed by atoms with Crippen molar-refractivity contribution in [1.29, 1.82) is 0 Å². The highest BCUT2D eigenvalue weighted by Gasteiger charge is 2.32. The smallest absolute Gasteiger partial charge is 0.379 e. The molecule has 1 saturated heterocycles. The molecule has 1 aromatic heterocycles. The van der Waals surface area contributed by atoms with E-state index in [0.29, 0.717) is 17.9 Å². The largest absolute Gasteiger partial charge is 0.490 e. The first-order valence-electron chi connectivity index (χ1n) is 8.79. The van der Waals surface area contributed by atoms with Crippen LogP contribution in [0.1, 0.15) is 29.5 Å². The van der Waals surface area contributed by atoms with E-state index >= 15 is 0 Å². The summed E-state index contributed by atoms with van der Waals surface area (Å²) < 4.78 is 15.8. The lowest BCUT2D eigenvalue weighted by atomic mass is 10.2. The Hall–Kier alpha value is -3.60. The number of hydrogen-bond acceptors (Lipinski definition) is 9. The number of carboxylic acids is 1. The molecule has 1 amide bonds. The van der Waals surface area contributed by atoms with Crippen molar-refractivity contribution in [2.45, 2.75) is 18.6 Å². The number of carbonyl (C=O) groups excluding carboxylic acids is 2. The molecule has 2 heterocycles. The van der Waals surface area contributed by atoms with E-state index in [9.17, 15) is 14.4 Å². The summed E-state index contributed by atoms with van der Waals surface area (Å²) in [4.78, 5) is 34.5. The maximum atomic E-state index is 12.1. The molecule has 1 aliphatic rings. The zero-order valence-electron chi connectivity index (χ0n) is 15.7. The van der Waals surface area contributed by atoms with Gasteiger partial charge in [0.15, 0.2) is 16.7 Å². The third-order valence-electron chi connectivity index (χ3n) is 3.68. The van der Waals surface area contributed by atoms with Gasteiger partial charge < -0.3 is 24.3 Å². The number of esters is 1. The van der Waals surface area contributed by atoms with E-state index in [0.717, 1.165) is 11.8 Å². The molecule has 1 aliphatic heterocycles. The van der Waals surface area contributed by atoms with E-state index in [-0.39, 0.29) is 23.1 Å². The Morgan fingerprint density at radius 3 is 2.87 bits per heavy atom. The van der Waals surface area contributed by atoms with Crippen LogP contribution in [0, 0.1) is 0 Å². The summed E-state index contributed by atoms with van der Waals surface area (Å²) in [5.74, 6) is -1.52. The number of carboxylic acid groups (broad SMARTS) is 1. The summed E-state index contributed by atoms with van der Waals surface area (Å²) in [6.07, 6.45) is 2.50. The quantitative estimate of drug-likeness (QED) is 0.281. The van der Waals surface area contributed by atoms with Crippen LogP contribution < -0.4 is 14.8 Å². The molecule has 1 aromatic carbocycles. The highest BCUT2D eigenvalue weighted by atomic mass is 32.2. The van der Waals surface area contributed by atoms with E-state index in [1.165, 1.54) is 18.5 Å². The van der Waals surface area contributed by atoms with Crippen molar-refractivity contribution in [3.05, 3.63) is 47.9 Å². The minimum Gasteiger partial charge on any atom is -0.490 e. The number of carbonyl (C=O) groups is 3. The number of hydrogen-bond donors (Lipinski definition) is 2. The first kappa shape index (κ1) is 21.1. The molecule has 11 heteroatoms. The van der Waals surface area contributed by atoms with E-state index in [2.05, 4.69) is 15.5 Å². The van der Waals surface area contributed by atoms with Crippen LogP contribution >= 0.6 is 11.8 Å². The average Bonchev–Trinajstić information content (AvgIpc) is 3.34. The molecule has 1 unspecified atom stereocenters. The van der Waals surface area contributed by atoms with E-state index in [1.807, 2.05) is 0 Å². The summed E-state index contributed by atoms with van der Waals surface area (Å²) >= 11 is 1.01. The fourth-order valence-corrected chi connectivity index (χ4v) is 3.31. The lowest BCUT2D eigenvalue weighted by molar-refractivity contribution is -0.138. The van der Waals surface area contributed by atoms with Gasteiger partial charge in [0.25, 0.3) is 0 Å². The minimum atomic E-state index is -1.07. The van der Waals surface area contributed by atoms with Crippen LogP contribution in [0.3, 0.4) is 0 Å². The van der Waals surface area contributed by atoms with Gasteiger partial charge in [0.2, 0.25) is 11.7 Å². The SMILES string of the molecule is CCOc1cc(C=NN=C2NC(=O)C(CC(=O)O)S2)ccc1OC(=O)c1ccco1. The Morgan fingerprint density at radius 2 is 2.17 bits per heavy atom. The second kappa shape index (κ2) is 9.74. The summed E-state index contributed by atoms with van der Waals surface area (Å²) in [5.41, 5.74) is 0.608. The van der Waals surface area contributed by atoms with Gasteiger partial charge in [-0.25, -0.2) is 4.79 Å². The van der Waals surface area contributed by atoms with Crippen LogP contribution in [-0.2, 0) is 9.59 Å². The van der Waals surface area contributed by atoms with Gasteiger partial charge in [-0.3, -0.25) is 9.59 Å². The summed E-state index contributed by atoms with van der Waals surface area (Å²) in [5, 5.41) is 18.6. The Morgan fingerprint density at radius 1 is 1.33 bits per heavy atom. The predicted molar refractivity (Wildman–Crippen MR) is 108 cm³/mol. The monoisotopic (exact) mass is 431 g/mol. The lowest BCUT2D eigenvalue weighted by Gasteiger charge is -2.10. The van der Waals surface area contributed by atoms with Gasteiger partial charge in [-0.05, 0) is 42.8 Å². The first-order valence-corrected chi connectivity index (χ1v) is 9.67. The summed E-state index contributed by atoms with van der Waals surface area (Å²) in [6, 6.07) is 7.88. The Kier molecular flexibility index (Phi) is 6.86. The van der Waals surface area contributed by atoms with Gasteiger partial charge >= 0.3 is 11.9 Å². The van der Waals surface area contributed by atoms with Crippen LogP contribution in [0.5, 0.6) is 11.5 Å². The number of ether oxygens (including phenoxy) is 2. The third-order valence-corrected chi connectivity index (χ3v) is 4.76. The second-order valence-corrected chi connectivity index (χ2v) is 7.04. The minimum absolute atomic E-state index is 0.0659. The summed E-state index contributed by atoms with van der Waals surface area (Å²) in [6.45, 7) is 2.14. The van der Waals surface area contributed by atoms with Crippen molar-refractivity contribution in [1.82, 2.24) is 5.32 Å². The Balaban J connectivity index is 1.69.